The van der Waals surface area contributed by atoms with Gasteiger partial charge in [0.05, 0.1) is 5.92 Å². The summed E-state index contributed by atoms with van der Waals surface area (Å²) in [7, 11) is 0. The van der Waals surface area contributed by atoms with Crippen molar-refractivity contribution < 1.29 is 14.3 Å². The molecule has 1 N–H and O–H groups in total. The van der Waals surface area contributed by atoms with E-state index in [9.17, 15) is 9.90 Å². The third-order valence-electron chi connectivity index (χ3n) is 2.70. The molecule has 17 heavy (non-hydrogen) atoms. The Labute approximate surface area is 99.7 Å². The van der Waals surface area contributed by atoms with Crippen LogP contribution >= 0.6 is 0 Å². The monoisotopic (exact) mass is 230 g/mol. The van der Waals surface area contributed by atoms with Crippen molar-refractivity contribution in [2.24, 2.45) is 0 Å². The molecule has 0 radical (unpaired) electrons. The summed E-state index contributed by atoms with van der Waals surface area (Å²) in [6, 6.07) is 12.9. The summed E-state index contributed by atoms with van der Waals surface area (Å²) in [4.78, 5) is 11.3. The van der Waals surface area contributed by atoms with Crippen LogP contribution < -0.4 is 0 Å². The Bertz CT molecular complexity index is 499. The molecule has 0 aliphatic rings. The molecule has 0 bridgehead atoms. The molecule has 0 fully saturated rings. The number of furan rings is 1. The number of hydrogen-bond acceptors (Lipinski definition) is 2. The van der Waals surface area contributed by atoms with Crippen molar-refractivity contribution in [1.82, 2.24) is 0 Å². The van der Waals surface area contributed by atoms with Crippen molar-refractivity contribution in [3.63, 3.8) is 0 Å². The predicted octanol–water partition coefficient (Wildman–Crippen LogP) is 3.00. The Morgan fingerprint density at radius 2 is 1.94 bits per heavy atom. The lowest BCUT2D eigenvalue weighted by atomic mass is 9.95. The van der Waals surface area contributed by atoms with Gasteiger partial charge in [-0.25, -0.2) is 0 Å². The maximum atomic E-state index is 11.3. The molecule has 1 unspecified atom stereocenters. The van der Waals surface area contributed by atoms with Crippen LogP contribution in [0.25, 0.3) is 0 Å². The molecule has 2 rings (SSSR count). The quantitative estimate of drug-likeness (QED) is 0.878. The highest BCUT2D eigenvalue weighted by Crippen LogP contribution is 2.22. The molecule has 2 aromatic rings. The average molecular weight is 230 g/mol. The second kappa shape index (κ2) is 4.87. The largest absolute Gasteiger partial charge is 0.481 e. The summed E-state index contributed by atoms with van der Waals surface area (Å²) in [5, 5.41) is 9.25. The van der Waals surface area contributed by atoms with E-state index in [1.807, 2.05) is 49.4 Å². The van der Waals surface area contributed by atoms with E-state index >= 15 is 0 Å². The van der Waals surface area contributed by atoms with Crippen LogP contribution in [0.4, 0.5) is 0 Å². The molecule has 1 aromatic heterocycles. The normalized spacial score (nSPS) is 12.3. The molecule has 3 heteroatoms. The number of carboxylic acid groups (broad SMARTS) is 1. The third-order valence-corrected chi connectivity index (χ3v) is 2.70. The van der Waals surface area contributed by atoms with Gasteiger partial charge in [-0.05, 0) is 24.6 Å². The molecule has 0 aliphatic heterocycles. The molecule has 0 saturated heterocycles. The second-order valence-electron chi connectivity index (χ2n) is 4.02. The second-order valence-corrected chi connectivity index (χ2v) is 4.02. The standard InChI is InChI=1S/C14H14O3/c1-10-7-8-12(17-10)9-13(14(15)16)11-5-3-2-4-6-11/h2-8,13H,9H2,1H3,(H,15,16). The van der Waals surface area contributed by atoms with E-state index < -0.39 is 11.9 Å². The SMILES string of the molecule is Cc1ccc(CC(C(=O)O)c2ccccc2)o1. The van der Waals surface area contributed by atoms with Crippen molar-refractivity contribution >= 4 is 5.97 Å². The molecule has 0 amide bonds. The first-order valence-electron chi connectivity index (χ1n) is 5.50. The van der Waals surface area contributed by atoms with Gasteiger partial charge < -0.3 is 9.52 Å². The lowest BCUT2D eigenvalue weighted by Crippen LogP contribution is -2.14. The number of aryl methyl sites for hydroxylation is 1. The van der Waals surface area contributed by atoms with Gasteiger partial charge in [0.15, 0.2) is 0 Å². The summed E-state index contributed by atoms with van der Waals surface area (Å²) in [6.45, 7) is 1.85. The van der Waals surface area contributed by atoms with E-state index in [2.05, 4.69) is 0 Å². The van der Waals surface area contributed by atoms with Gasteiger partial charge in [-0.3, -0.25) is 4.79 Å². The van der Waals surface area contributed by atoms with Gasteiger partial charge >= 0.3 is 5.97 Å². The molecule has 3 nitrogen and oxygen atoms in total. The fraction of sp³-hybridized carbons (Fsp3) is 0.214. The number of carboxylic acids is 1. The molecule has 0 spiro atoms. The molecular weight excluding hydrogens is 216 g/mol. The molecule has 88 valence electrons. The lowest BCUT2D eigenvalue weighted by molar-refractivity contribution is -0.138. The summed E-state index contributed by atoms with van der Waals surface area (Å²) >= 11 is 0. The first-order valence-corrected chi connectivity index (χ1v) is 5.50. The molecular formula is C14H14O3. The van der Waals surface area contributed by atoms with Crippen LogP contribution in [0, 0.1) is 6.92 Å². The smallest absolute Gasteiger partial charge is 0.311 e. The van der Waals surface area contributed by atoms with Crippen molar-refractivity contribution in [1.29, 1.82) is 0 Å². The van der Waals surface area contributed by atoms with Crippen molar-refractivity contribution in [2.75, 3.05) is 0 Å². The van der Waals surface area contributed by atoms with Gasteiger partial charge in [-0.15, -0.1) is 0 Å². The van der Waals surface area contributed by atoms with Gasteiger partial charge in [0, 0.05) is 6.42 Å². The van der Waals surface area contributed by atoms with Crippen molar-refractivity contribution in [3.8, 4) is 0 Å². The first kappa shape index (κ1) is 11.5. The van der Waals surface area contributed by atoms with Gasteiger partial charge in [0.25, 0.3) is 0 Å². The Kier molecular flexibility index (Phi) is 3.28. The fourth-order valence-corrected chi connectivity index (χ4v) is 1.83. The van der Waals surface area contributed by atoms with Gasteiger partial charge in [0.2, 0.25) is 0 Å². The van der Waals surface area contributed by atoms with Crippen LogP contribution in [0.3, 0.4) is 0 Å². The van der Waals surface area contributed by atoms with Crippen LogP contribution in [0.1, 0.15) is 23.0 Å². The fourth-order valence-electron chi connectivity index (χ4n) is 1.83. The van der Waals surface area contributed by atoms with Crippen LogP contribution in [-0.2, 0) is 11.2 Å². The van der Waals surface area contributed by atoms with Crippen molar-refractivity contribution in [2.45, 2.75) is 19.3 Å². The highest BCUT2D eigenvalue weighted by molar-refractivity contribution is 5.76. The minimum Gasteiger partial charge on any atom is -0.481 e. The van der Waals surface area contributed by atoms with Crippen LogP contribution in [0.15, 0.2) is 46.9 Å². The van der Waals surface area contributed by atoms with Crippen LogP contribution in [0.2, 0.25) is 0 Å². The minimum absolute atomic E-state index is 0.382. The molecule has 1 heterocycles. The molecule has 0 saturated carbocycles. The van der Waals surface area contributed by atoms with Gasteiger partial charge in [-0.2, -0.15) is 0 Å². The zero-order valence-electron chi connectivity index (χ0n) is 9.59. The van der Waals surface area contributed by atoms with E-state index in [1.165, 1.54) is 0 Å². The number of benzene rings is 1. The van der Waals surface area contributed by atoms with Crippen LogP contribution in [0.5, 0.6) is 0 Å². The zero-order chi connectivity index (χ0) is 12.3. The molecule has 0 aliphatic carbocycles. The molecule has 1 atom stereocenters. The summed E-state index contributed by atoms with van der Waals surface area (Å²) in [5.74, 6) is 0.128. The van der Waals surface area contributed by atoms with E-state index in [4.69, 9.17) is 4.42 Å². The number of aliphatic carboxylic acids is 1. The lowest BCUT2D eigenvalue weighted by Gasteiger charge is -2.10. The number of hydrogen-bond donors (Lipinski definition) is 1. The van der Waals surface area contributed by atoms with Gasteiger partial charge in [0.1, 0.15) is 11.5 Å². The highest BCUT2D eigenvalue weighted by Gasteiger charge is 2.21. The predicted molar refractivity (Wildman–Crippen MR) is 64.0 cm³/mol. The summed E-state index contributed by atoms with van der Waals surface area (Å²) in [5.41, 5.74) is 0.800. The Morgan fingerprint density at radius 1 is 1.24 bits per heavy atom. The molecule has 1 aromatic carbocycles. The maximum absolute atomic E-state index is 11.3. The minimum atomic E-state index is -0.828. The van der Waals surface area contributed by atoms with E-state index in [-0.39, 0.29) is 0 Å². The Hall–Kier alpha value is -2.03. The Balaban J connectivity index is 2.22. The van der Waals surface area contributed by atoms with E-state index in [0.717, 1.165) is 11.3 Å². The number of rotatable bonds is 4. The van der Waals surface area contributed by atoms with E-state index in [0.29, 0.717) is 12.2 Å². The summed E-state index contributed by atoms with van der Waals surface area (Å²) < 4.78 is 5.42. The average Bonchev–Trinajstić information content (AvgIpc) is 2.73. The Morgan fingerprint density at radius 3 is 2.47 bits per heavy atom. The highest BCUT2D eigenvalue weighted by atomic mass is 16.4. The summed E-state index contributed by atoms with van der Waals surface area (Å²) in [6.07, 6.45) is 0.382. The van der Waals surface area contributed by atoms with Crippen LogP contribution in [-0.4, -0.2) is 11.1 Å². The maximum Gasteiger partial charge on any atom is 0.311 e. The zero-order valence-corrected chi connectivity index (χ0v) is 9.59. The topological polar surface area (TPSA) is 50.4 Å². The number of carbonyl (C=O) groups is 1. The van der Waals surface area contributed by atoms with E-state index in [1.54, 1.807) is 0 Å². The van der Waals surface area contributed by atoms with Gasteiger partial charge in [-0.1, -0.05) is 30.3 Å². The van der Waals surface area contributed by atoms with Crippen molar-refractivity contribution in [3.05, 3.63) is 59.5 Å². The first-order chi connectivity index (χ1) is 8.16. The third kappa shape index (κ3) is 2.75.